The van der Waals surface area contributed by atoms with Crippen LogP contribution in [0.2, 0.25) is 0 Å². The van der Waals surface area contributed by atoms with Crippen LogP contribution in [-0.4, -0.2) is 41.7 Å². The smallest absolute Gasteiger partial charge is 0.225 e. The zero-order chi connectivity index (χ0) is 17.7. The van der Waals surface area contributed by atoms with Gasteiger partial charge in [-0.3, -0.25) is 4.79 Å². The predicted molar refractivity (Wildman–Crippen MR) is 106 cm³/mol. The van der Waals surface area contributed by atoms with Gasteiger partial charge in [0, 0.05) is 25.0 Å². The molecule has 3 N–H and O–H groups in total. The summed E-state index contributed by atoms with van der Waals surface area (Å²) in [5, 5.41) is 9.75. The quantitative estimate of drug-likeness (QED) is 0.845. The van der Waals surface area contributed by atoms with Crippen molar-refractivity contribution in [1.29, 1.82) is 0 Å². The summed E-state index contributed by atoms with van der Waals surface area (Å²) in [6.07, 6.45) is 1.27. The Kier molecular flexibility index (Phi) is 7.21. The molecule has 26 heavy (non-hydrogen) atoms. The molecular formula is C21H27ClN2O2. The molecule has 1 unspecified atom stereocenters. The lowest BCUT2D eigenvalue weighted by Crippen LogP contribution is -2.50. The maximum Gasteiger partial charge on any atom is 0.225 e. The van der Waals surface area contributed by atoms with Gasteiger partial charge in [-0.1, -0.05) is 60.7 Å². The van der Waals surface area contributed by atoms with Crippen molar-refractivity contribution in [3.05, 3.63) is 71.8 Å². The third-order valence-electron chi connectivity index (χ3n) is 5.18. The highest BCUT2D eigenvalue weighted by Crippen LogP contribution is 2.40. The molecule has 1 aliphatic rings. The summed E-state index contributed by atoms with van der Waals surface area (Å²) in [6.45, 7) is 1.48. The molecule has 1 heterocycles. The number of likely N-dealkylation sites (tertiary alicyclic amines) is 1. The van der Waals surface area contributed by atoms with Crippen LogP contribution in [0, 0.1) is 0 Å². The molecular weight excluding hydrogens is 348 g/mol. The number of halogens is 1. The van der Waals surface area contributed by atoms with Crippen LogP contribution in [0.5, 0.6) is 0 Å². The van der Waals surface area contributed by atoms with Gasteiger partial charge in [0.15, 0.2) is 0 Å². The largest absolute Gasteiger partial charge is 0.391 e. The lowest BCUT2D eigenvalue weighted by atomic mass is 9.69. The Hall–Kier alpha value is -1.88. The van der Waals surface area contributed by atoms with Crippen LogP contribution < -0.4 is 5.73 Å². The van der Waals surface area contributed by atoms with Crippen molar-refractivity contribution in [3.63, 3.8) is 0 Å². The summed E-state index contributed by atoms with van der Waals surface area (Å²) in [6, 6.07) is 20.9. The molecule has 1 aliphatic heterocycles. The lowest BCUT2D eigenvalue weighted by molar-refractivity contribution is -0.135. The van der Waals surface area contributed by atoms with Gasteiger partial charge in [0.05, 0.1) is 12.5 Å². The van der Waals surface area contributed by atoms with Crippen LogP contribution in [0.1, 0.15) is 30.4 Å². The summed E-state index contributed by atoms with van der Waals surface area (Å²) in [7, 11) is 0. The van der Waals surface area contributed by atoms with E-state index in [0.29, 0.717) is 6.54 Å². The molecule has 1 amide bonds. The number of benzene rings is 2. The number of carbonyl (C=O) groups excluding carboxylic acids is 1. The van der Waals surface area contributed by atoms with Crippen LogP contribution in [0.25, 0.3) is 0 Å². The van der Waals surface area contributed by atoms with E-state index in [0.717, 1.165) is 19.4 Å². The summed E-state index contributed by atoms with van der Waals surface area (Å²) >= 11 is 0. The van der Waals surface area contributed by atoms with Gasteiger partial charge < -0.3 is 15.7 Å². The zero-order valence-electron chi connectivity index (χ0n) is 14.9. The molecule has 5 heteroatoms. The Morgan fingerprint density at radius 1 is 1.08 bits per heavy atom. The van der Waals surface area contributed by atoms with Crippen LogP contribution in [0.4, 0.5) is 0 Å². The Labute approximate surface area is 161 Å². The minimum absolute atomic E-state index is 0. The SMILES string of the molecule is Cl.NCC(O)CC(=O)N1CCCC(c2ccccc2)(c2ccccc2)C1. The van der Waals surface area contributed by atoms with E-state index < -0.39 is 6.10 Å². The first-order valence-electron chi connectivity index (χ1n) is 8.93. The van der Waals surface area contributed by atoms with E-state index in [1.807, 2.05) is 17.0 Å². The highest BCUT2D eigenvalue weighted by molar-refractivity contribution is 5.85. The number of rotatable bonds is 5. The van der Waals surface area contributed by atoms with E-state index in [4.69, 9.17) is 5.73 Å². The van der Waals surface area contributed by atoms with Gasteiger partial charge in [0.1, 0.15) is 0 Å². The Morgan fingerprint density at radius 3 is 2.12 bits per heavy atom. The number of piperidine rings is 1. The first-order valence-corrected chi connectivity index (χ1v) is 8.93. The van der Waals surface area contributed by atoms with Crippen molar-refractivity contribution in [1.82, 2.24) is 4.90 Å². The van der Waals surface area contributed by atoms with Gasteiger partial charge in [-0.05, 0) is 24.0 Å². The van der Waals surface area contributed by atoms with Gasteiger partial charge >= 0.3 is 0 Å². The molecule has 0 bridgehead atoms. The first-order chi connectivity index (χ1) is 12.2. The number of hydrogen-bond acceptors (Lipinski definition) is 3. The van der Waals surface area contributed by atoms with E-state index in [1.165, 1.54) is 11.1 Å². The minimum atomic E-state index is -0.766. The monoisotopic (exact) mass is 374 g/mol. The topological polar surface area (TPSA) is 66.6 Å². The number of aliphatic hydroxyl groups is 1. The summed E-state index contributed by atoms with van der Waals surface area (Å²) in [5.41, 5.74) is 7.73. The molecule has 4 nitrogen and oxygen atoms in total. The number of aliphatic hydroxyl groups excluding tert-OH is 1. The number of nitrogens with two attached hydrogens (primary N) is 1. The summed E-state index contributed by atoms with van der Waals surface area (Å²) < 4.78 is 0. The molecule has 0 aromatic heterocycles. The Bertz CT molecular complexity index is 654. The zero-order valence-corrected chi connectivity index (χ0v) is 15.7. The van der Waals surface area contributed by atoms with E-state index in [2.05, 4.69) is 48.5 Å². The van der Waals surface area contributed by atoms with Crippen LogP contribution in [0.15, 0.2) is 60.7 Å². The molecule has 1 atom stereocenters. The van der Waals surface area contributed by atoms with Crippen molar-refractivity contribution in [2.75, 3.05) is 19.6 Å². The number of hydrogen-bond donors (Lipinski definition) is 2. The molecule has 0 saturated carbocycles. The van der Waals surface area contributed by atoms with Crippen molar-refractivity contribution >= 4 is 18.3 Å². The second-order valence-corrected chi connectivity index (χ2v) is 6.83. The van der Waals surface area contributed by atoms with Gasteiger partial charge in [0.2, 0.25) is 5.91 Å². The Morgan fingerprint density at radius 2 is 1.62 bits per heavy atom. The van der Waals surface area contributed by atoms with E-state index >= 15 is 0 Å². The van der Waals surface area contributed by atoms with Gasteiger partial charge in [-0.15, -0.1) is 12.4 Å². The predicted octanol–water partition coefficient (Wildman–Crippen LogP) is 2.73. The van der Waals surface area contributed by atoms with E-state index in [-0.39, 0.29) is 36.7 Å². The highest BCUT2D eigenvalue weighted by Gasteiger charge is 2.40. The van der Waals surface area contributed by atoms with Crippen molar-refractivity contribution < 1.29 is 9.90 Å². The molecule has 1 saturated heterocycles. The van der Waals surface area contributed by atoms with E-state index in [1.54, 1.807) is 0 Å². The van der Waals surface area contributed by atoms with Crippen molar-refractivity contribution in [2.45, 2.75) is 30.8 Å². The molecule has 2 aromatic rings. The minimum Gasteiger partial charge on any atom is -0.391 e. The Balaban J connectivity index is 0.00000243. The average molecular weight is 375 g/mol. The van der Waals surface area contributed by atoms with Gasteiger partial charge in [-0.2, -0.15) is 0 Å². The molecule has 0 aliphatic carbocycles. The molecule has 0 radical (unpaired) electrons. The number of nitrogens with zero attached hydrogens (tertiary/aromatic N) is 1. The fraction of sp³-hybridized carbons (Fsp3) is 0.381. The van der Waals surface area contributed by atoms with Crippen molar-refractivity contribution in [3.8, 4) is 0 Å². The maximum atomic E-state index is 12.6. The van der Waals surface area contributed by atoms with E-state index in [9.17, 15) is 9.90 Å². The average Bonchev–Trinajstić information content (AvgIpc) is 2.69. The standard InChI is InChI=1S/C21H26N2O2.ClH/c22-15-19(24)14-20(25)23-13-7-12-21(16-23,17-8-3-1-4-9-17)18-10-5-2-6-11-18;/h1-6,8-11,19,24H,7,12-16,22H2;1H. The maximum absolute atomic E-state index is 12.6. The van der Waals surface area contributed by atoms with Crippen molar-refractivity contribution in [2.24, 2.45) is 5.73 Å². The molecule has 3 rings (SSSR count). The van der Waals surface area contributed by atoms with Crippen LogP contribution in [-0.2, 0) is 10.2 Å². The summed E-state index contributed by atoms with van der Waals surface area (Å²) in [4.78, 5) is 14.5. The third kappa shape index (κ3) is 4.26. The lowest BCUT2D eigenvalue weighted by Gasteiger charge is -2.44. The third-order valence-corrected chi connectivity index (χ3v) is 5.18. The second-order valence-electron chi connectivity index (χ2n) is 6.83. The molecule has 140 valence electrons. The summed E-state index contributed by atoms with van der Waals surface area (Å²) in [5.74, 6) is -0.0195. The second kappa shape index (κ2) is 9.17. The first kappa shape index (κ1) is 20.4. The molecule has 2 aromatic carbocycles. The van der Waals surface area contributed by atoms with Gasteiger partial charge in [0.25, 0.3) is 0 Å². The number of amides is 1. The normalized spacial score (nSPS) is 17.2. The fourth-order valence-electron chi connectivity index (χ4n) is 3.83. The molecule has 0 spiro atoms. The highest BCUT2D eigenvalue weighted by atomic mass is 35.5. The number of carbonyl (C=O) groups is 1. The fourth-order valence-corrected chi connectivity index (χ4v) is 3.83. The van der Waals surface area contributed by atoms with Gasteiger partial charge in [-0.25, -0.2) is 0 Å². The van der Waals surface area contributed by atoms with Crippen LogP contribution >= 0.6 is 12.4 Å². The van der Waals surface area contributed by atoms with Crippen LogP contribution in [0.3, 0.4) is 0 Å². The molecule has 1 fully saturated rings.